The molecular weight excluding hydrogens is 316 g/mol. The summed E-state index contributed by atoms with van der Waals surface area (Å²) in [7, 11) is 0. The van der Waals surface area contributed by atoms with E-state index in [1.54, 1.807) is 4.90 Å². The molecule has 5 heteroatoms. The third-order valence-corrected chi connectivity index (χ3v) is 4.20. The Balaban J connectivity index is 1.46. The number of nitrogens with one attached hydrogen (secondary N) is 1. The number of benzene rings is 2. The van der Waals surface area contributed by atoms with E-state index in [0.717, 1.165) is 16.8 Å². The van der Waals surface area contributed by atoms with Gasteiger partial charge in [-0.2, -0.15) is 0 Å². The number of carbonyl (C=O) groups excluding carboxylic acids is 2. The van der Waals surface area contributed by atoms with Crippen LogP contribution in [-0.4, -0.2) is 31.2 Å². The number of hydrogen-bond acceptors (Lipinski definition) is 3. The van der Waals surface area contributed by atoms with Crippen LogP contribution in [0, 0.1) is 6.92 Å². The molecule has 25 heavy (non-hydrogen) atoms. The Hall–Kier alpha value is -2.82. The Morgan fingerprint density at radius 3 is 2.76 bits per heavy atom. The first kappa shape index (κ1) is 17.0. The zero-order chi connectivity index (χ0) is 17.6. The lowest BCUT2D eigenvalue weighted by atomic mass is 10.1. The number of nitrogens with zero attached hydrogens (tertiary/aromatic N) is 1. The molecule has 1 heterocycles. The zero-order valence-electron chi connectivity index (χ0n) is 14.3. The van der Waals surface area contributed by atoms with Crippen LogP contribution in [-0.2, 0) is 16.0 Å². The fraction of sp³-hybridized carbons (Fsp3) is 0.300. The first-order chi connectivity index (χ1) is 12.1. The second kappa shape index (κ2) is 7.83. The number of aryl methyl sites for hydroxylation is 2. The lowest BCUT2D eigenvalue weighted by Gasteiger charge is -2.13. The van der Waals surface area contributed by atoms with E-state index in [2.05, 4.69) is 5.32 Å². The van der Waals surface area contributed by atoms with Crippen LogP contribution in [0.5, 0.6) is 0 Å². The van der Waals surface area contributed by atoms with Gasteiger partial charge < -0.3 is 10.1 Å². The summed E-state index contributed by atoms with van der Waals surface area (Å²) in [5.41, 5.74) is 3.04. The minimum Gasteiger partial charge on any atom is -0.442 e. The second-order valence-corrected chi connectivity index (χ2v) is 6.25. The van der Waals surface area contributed by atoms with E-state index in [4.69, 9.17) is 4.74 Å². The maximum absolute atomic E-state index is 12.0. The maximum Gasteiger partial charge on any atom is 0.414 e. The SMILES string of the molecule is Cc1cccc(N2CC(CNC(=O)CCc3ccccc3)OC2=O)c1. The van der Waals surface area contributed by atoms with Gasteiger partial charge >= 0.3 is 6.09 Å². The summed E-state index contributed by atoms with van der Waals surface area (Å²) in [5, 5.41) is 2.86. The lowest BCUT2D eigenvalue weighted by Crippen LogP contribution is -2.34. The van der Waals surface area contributed by atoms with Gasteiger partial charge in [0.25, 0.3) is 0 Å². The number of rotatable bonds is 6. The third-order valence-electron chi connectivity index (χ3n) is 4.20. The Labute approximate surface area is 147 Å². The van der Waals surface area contributed by atoms with Crippen molar-refractivity contribution in [3.8, 4) is 0 Å². The molecule has 2 aromatic rings. The van der Waals surface area contributed by atoms with Crippen molar-refractivity contribution in [3.05, 3.63) is 65.7 Å². The first-order valence-electron chi connectivity index (χ1n) is 8.47. The van der Waals surface area contributed by atoms with E-state index in [1.807, 2.05) is 61.5 Å². The minimum absolute atomic E-state index is 0.0334. The number of ether oxygens (including phenoxy) is 1. The first-order valence-corrected chi connectivity index (χ1v) is 8.47. The Morgan fingerprint density at radius 2 is 2.00 bits per heavy atom. The van der Waals surface area contributed by atoms with E-state index < -0.39 is 0 Å². The Bertz CT molecular complexity index is 746. The van der Waals surface area contributed by atoms with Gasteiger partial charge in [-0.3, -0.25) is 9.69 Å². The predicted octanol–water partition coefficient (Wildman–Crippen LogP) is 3.07. The molecule has 1 aliphatic heterocycles. The summed E-state index contributed by atoms with van der Waals surface area (Å²) in [5.74, 6) is -0.0334. The van der Waals surface area contributed by atoms with Crippen molar-refractivity contribution in [2.24, 2.45) is 0 Å². The van der Waals surface area contributed by atoms with Crippen molar-refractivity contribution in [2.45, 2.75) is 25.9 Å². The van der Waals surface area contributed by atoms with Crippen molar-refractivity contribution < 1.29 is 14.3 Å². The molecule has 2 aromatic carbocycles. The molecular formula is C20H22N2O3. The minimum atomic E-state index is -0.367. The average molecular weight is 338 g/mol. The number of carbonyl (C=O) groups is 2. The van der Waals surface area contributed by atoms with Gasteiger partial charge in [0.1, 0.15) is 6.10 Å². The molecule has 130 valence electrons. The normalized spacial score (nSPS) is 16.6. The number of hydrogen-bond donors (Lipinski definition) is 1. The largest absolute Gasteiger partial charge is 0.442 e. The van der Waals surface area contributed by atoms with Gasteiger partial charge in [-0.1, -0.05) is 42.5 Å². The highest BCUT2D eigenvalue weighted by Crippen LogP contribution is 2.22. The molecule has 3 rings (SSSR count). The van der Waals surface area contributed by atoms with Crippen LogP contribution in [0.4, 0.5) is 10.5 Å². The van der Waals surface area contributed by atoms with Crippen molar-refractivity contribution in [2.75, 3.05) is 18.0 Å². The summed E-state index contributed by atoms with van der Waals surface area (Å²) in [6, 6.07) is 17.6. The quantitative estimate of drug-likeness (QED) is 0.881. The van der Waals surface area contributed by atoms with E-state index in [9.17, 15) is 9.59 Å². The molecule has 0 aromatic heterocycles. The number of amides is 2. The monoisotopic (exact) mass is 338 g/mol. The van der Waals surface area contributed by atoms with Gasteiger partial charge in [0, 0.05) is 12.1 Å². The summed E-state index contributed by atoms with van der Waals surface area (Å²) >= 11 is 0. The van der Waals surface area contributed by atoms with Crippen LogP contribution in [0.1, 0.15) is 17.5 Å². The highest BCUT2D eigenvalue weighted by Gasteiger charge is 2.32. The van der Waals surface area contributed by atoms with E-state index in [-0.39, 0.29) is 18.1 Å². The molecule has 1 atom stereocenters. The summed E-state index contributed by atoms with van der Waals surface area (Å²) in [4.78, 5) is 25.6. The fourth-order valence-corrected chi connectivity index (χ4v) is 2.85. The molecule has 0 spiro atoms. The molecule has 2 amide bonds. The second-order valence-electron chi connectivity index (χ2n) is 6.25. The summed E-state index contributed by atoms with van der Waals surface area (Å²) < 4.78 is 5.35. The van der Waals surface area contributed by atoms with Crippen LogP contribution >= 0.6 is 0 Å². The summed E-state index contributed by atoms with van der Waals surface area (Å²) in [6.45, 7) is 2.76. The molecule has 0 saturated carbocycles. The van der Waals surface area contributed by atoms with Gasteiger partial charge in [-0.25, -0.2) is 4.79 Å². The van der Waals surface area contributed by atoms with Crippen molar-refractivity contribution in [1.29, 1.82) is 0 Å². The van der Waals surface area contributed by atoms with Gasteiger partial charge in [-0.05, 0) is 36.6 Å². The van der Waals surface area contributed by atoms with Crippen molar-refractivity contribution in [1.82, 2.24) is 5.32 Å². The molecule has 1 aliphatic rings. The smallest absolute Gasteiger partial charge is 0.414 e. The molecule has 1 fully saturated rings. The molecule has 1 saturated heterocycles. The fourth-order valence-electron chi connectivity index (χ4n) is 2.85. The van der Waals surface area contributed by atoms with Gasteiger partial charge in [0.15, 0.2) is 0 Å². The molecule has 1 N–H and O–H groups in total. The van der Waals surface area contributed by atoms with Crippen molar-refractivity contribution >= 4 is 17.7 Å². The van der Waals surface area contributed by atoms with Crippen LogP contribution < -0.4 is 10.2 Å². The third kappa shape index (κ3) is 4.59. The predicted molar refractivity (Wildman–Crippen MR) is 96.6 cm³/mol. The topological polar surface area (TPSA) is 58.6 Å². The van der Waals surface area contributed by atoms with Crippen LogP contribution in [0.3, 0.4) is 0 Å². The maximum atomic E-state index is 12.0. The average Bonchev–Trinajstić information content (AvgIpc) is 3.00. The standard InChI is InChI=1S/C20H22N2O3/c1-15-6-5-9-17(12-15)22-14-18(25-20(22)24)13-21-19(23)11-10-16-7-3-2-4-8-16/h2-9,12,18H,10-11,13-14H2,1H3,(H,21,23). The van der Waals surface area contributed by atoms with Crippen LogP contribution in [0.25, 0.3) is 0 Å². The zero-order valence-corrected chi connectivity index (χ0v) is 14.3. The molecule has 0 bridgehead atoms. The lowest BCUT2D eigenvalue weighted by molar-refractivity contribution is -0.121. The number of anilines is 1. The highest BCUT2D eigenvalue weighted by molar-refractivity contribution is 5.89. The molecule has 0 aliphatic carbocycles. The Kier molecular flexibility index (Phi) is 5.33. The molecule has 5 nitrogen and oxygen atoms in total. The van der Waals surface area contributed by atoms with E-state index in [0.29, 0.717) is 25.9 Å². The number of cyclic esters (lactones) is 1. The molecule has 0 radical (unpaired) electrons. The van der Waals surface area contributed by atoms with Gasteiger partial charge in [0.2, 0.25) is 5.91 Å². The molecule has 1 unspecified atom stereocenters. The van der Waals surface area contributed by atoms with E-state index in [1.165, 1.54) is 0 Å². The highest BCUT2D eigenvalue weighted by atomic mass is 16.6. The van der Waals surface area contributed by atoms with Crippen LogP contribution in [0.15, 0.2) is 54.6 Å². The van der Waals surface area contributed by atoms with Crippen LogP contribution in [0.2, 0.25) is 0 Å². The summed E-state index contributed by atoms with van der Waals surface area (Å²) in [6.07, 6.45) is 0.432. The van der Waals surface area contributed by atoms with E-state index >= 15 is 0 Å². The Morgan fingerprint density at radius 1 is 1.20 bits per heavy atom. The van der Waals surface area contributed by atoms with Gasteiger partial charge in [0.05, 0.1) is 13.1 Å². The van der Waals surface area contributed by atoms with Gasteiger partial charge in [-0.15, -0.1) is 0 Å². The van der Waals surface area contributed by atoms with Crippen molar-refractivity contribution in [3.63, 3.8) is 0 Å².